The maximum absolute atomic E-state index is 15.3. The molecule has 1 saturated carbocycles. The van der Waals surface area contributed by atoms with E-state index in [4.69, 9.17) is 14.6 Å². The second kappa shape index (κ2) is 14.3. The van der Waals surface area contributed by atoms with E-state index >= 15 is 4.39 Å². The predicted octanol–water partition coefficient (Wildman–Crippen LogP) is 6.70. The molecule has 0 aliphatic heterocycles. The van der Waals surface area contributed by atoms with Crippen molar-refractivity contribution in [2.45, 2.75) is 78.4 Å². The number of amides is 1. The average molecular weight is 557 g/mol. The number of ether oxygens (including phenoxy) is 2. The number of aliphatic hydroxyl groups excluding tert-OH is 1. The van der Waals surface area contributed by atoms with Gasteiger partial charge < -0.3 is 19.5 Å². The number of alkyl halides is 3. The van der Waals surface area contributed by atoms with Crippen molar-refractivity contribution in [1.29, 1.82) is 0 Å². The molecular weight excluding hydrogens is 520 g/mol. The number of aliphatic hydroxyl groups is 1. The third kappa shape index (κ3) is 7.90. The van der Waals surface area contributed by atoms with Crippen LogP contribution in [0.15, 0.2) is 24.4 Å². The van der Waals surface area contributed by atoms with E-state index in [0.717, 1.165) is 50.8 Å². The monoisotopic (exact) mass is 556 g/mol. The summed E-state index contributed by atoms with van der Waals surface area (Å²) in [5, 5.41) is 9.03. The summed E-state index contributed by atoms with van der Waals surface area (Å²) < 4.78 is 66.3. The first-order chi connectivity index (χ1) is 18.5. The molecule has 1 N–H and O–H groups in total. The summed E-state index contributed by atoms with van der Waals surface area (Å²) in [6, 6.07) is 2.13. The number of pyridine rings is 1. The van der Waals surface area contributed by atoms with Gasteiger partial charge in [0.05, 0.1) is 18.4 Å². The van der Waals surface area contributed by atoms with Crippen LogP contribution in [-0.2, 0) is 22.1 Å². The van der Waals surface area contributed by atoms with Crippen molar-refractivity contribution in [1.82, 2.24) is 4.98 Å². The summed E-state index contributed by atoms with van der Waals surface area (Å²) in [5.74, 6) is -4.14. The first-order valence-electron chi connectivity index (χ1n) is 13.1. The minimum Gasteiger partial charge on any atom is -0.465 e. The molecule has 2 aromatic rings. The van der Waals surface area contributed by atoms with Crippen LogP contribution in [0.25, 0.3) is 0 Å². The van der Waals surface area contributed by atoms with Crippen molar-refractivity contribution in [3.8, 4) is 11.6 Å². The maximum atomic E-state index is 15.3. The highest BCUT2D eigenvalue weighted by Gasteiger charge is 2.37. The Kier molecular flexibility index (Phi) is 11.7. The van der Waals surface area contributed by atoms with Crippen LogP contribution in [-0.4, -0.2) is 41.7 Å². The van der Waals surface area contributed by atoms with E-state index in [9.17, 15) is 22.8 Å². The highest BCUT2D eigenvalue weighted by atomic mass is 19.4. The summed E-state index contributed by atoms with van der Waals surface area (Å²) in [4.78, 5) is 31.1. The van der Waals surface area contributed by atoms with Gasteiger partial charge in [0.1, 0.15) is 5.56 Å². The molecule has 1 amide bonds. The molecule has 1 aromatic carbocycles. The molecule has 1 heterocycles. The highest BCUT2D eigenvalue weighted by Crippen LogP contribution is 2.40. The van der Waals surface area contributed by atoms with Gasteiger partial charge in [0.15, 0.2) is 11.6 Å². The van der Waals surface area contributed by atoms with Crippen LogP contribution in [0.5, 0.6) is 11.6 Å². The average Bonchev–Trinajstić information content (AvgIpc) is 2.91. The second-order valence-electron chi connectivity index (χ2n) is 9.20. The minimum absolute atomic E-state index is 0.0513. The van der Waals surface area contributed by atoms with E-state index < -0.39 is 41.2 Å². The number of rotatable bonds is 8. The highest BCUT2D eigenvalue weighted by molar-refractivity contribution is 6.04. The molecule has 0 spiro atoms. The smallest absolute Gasteiger partial charge is 0.421 e. The van der Waals surface area contributed by atoms with Crippen molar-refractivity contribution >= 4 is 17.6 Å². The summed E-state index contributed by atoms with van der Waals surface area (Å²) >= 11 is 0. The quantitative estimate of drug-likeness (QED) is 0.288. The number of methoxy groups -OCH3 is 1. The molecule has 3 rings (SSSR count). The van der Waals surface area contributed by atoms with E-state index in [-0.39, 0.29) is 41.7 Å². The largest absolute Gasteiger partial charge is 0.465 e. The van der Waals surface area contributed by atoms with Gasteiger partial charge in [-0.25, -0.2) is 14.2 Å². The lowest BCUT2D eigenvalue weighted by molar-refractivity contribution is -0.139. The molecule has 1 aliphatic rings. The molecule has 0 atom stereocenters. The molecule has 11 heteroatoms. The van der Waals surface area contributed by atoms with Crippen LogP contribution in [0, 0.1) is 11.7 Å². The first-order valence-corrected chi connectivity index (χ1v) is 13.1. The molecule has 0 unspecified atom stereocenters. The van der Waals surface area contributed by atoms with Crippen LogP contribution in [0.3, 0.4) is 0 Å². The fraction of sp³-hybridized carbons (Fsp3) is 0.536. The van der Waals surface area contributed by atoms with Crippen molar-refractivity contribution in [2.75, 3.05) is 18.6 Å². The third-order valence-electron chi connectivity index (χ3n) is 6.24. The Morgan fingerprint density at radius 2 is 1.77 bits per heavy atom. The van der Waals surface area contributed by atoms with Gasteiger partial charge in [-0.2, -0.15) is 13.2 Å². The van der Waals surface area contributed by atoms with Crippen LogP contribution < -0.4 is 9.64 Å². The van der Waals surface area contributed by atoms with Gasteiger partial charge in [-0.3, -0.25) is 4.79 Å². The number of halogens is 4. The Bertz CT molecular complexity index is 1130. The molecule has 1 fully saturated rings. The number of esters is 1. The fourth-order valence-corrected chi connectivity index (χ4v) is 4.44. The molecule has 0 saturated heterocycles. The van der Waals surface area contributed by atoms with Crippen molar-refractivity contribution in [2.24, 2.45) is 5.92 Å². The Labute approximate surface area is 226 Å². The summed E-state index contributed by atoms with van der Waals surface area (Å²) in [7, 11) is 1.10. The zero-order chi connectivity index (χ0) is 29.3. The summed E-state index contributed by atoms with van der Waals surface area (Å²) in [6.07, 6.45) is 0.293. The minimum atomic E-state index is -4.88. The van der Waals surface area contributed by atoms with E-state index in [2.05, 4.69) is 4.98 Å². The third-order valence-corrected chi connectivity index (χ3v) is 6.24. The van der Waals surface area contributed by atoms with Gasteiger partial charge in [0, 0.05) is 36.9 Å². The number of nitrogens with zero attached hydrogens (tertiary/aromatic N) is 2. The molecule has 39 heavy (non-hydrogen) atoms. The number of benzene rings is 1. The number of carbonyl (C=O) groups excluding carboxylic acids is 2. The molecule has 7 nitrogen and oxygen atoms in total. The molecule has 0 bridgehead atoms. The van der Waals surface area contributed by atoms with Crippen LogP contribution >= 0.6 is 0 Å². The fourth-order valence-electron chi connectivity index (χ4n) is 4.44. The van der Waals surface area contributed by atoms with E-state index in [1.807, 2.05) is 13.8 Å². The number of hydrogen-bond acceptors (Lipinski definition) is 6. The topological polar surface area (TPSA) is 89.0 Å². The lowest BCUT2D eigenvalue weighted by Gasteiger charge is -2.33. The van der Waals surface area contributed by atoms with E-state index in [1.54, 1.807) is 13.8 Å². The van der Waals surface area contributed by atoms with Crippen LogP contribution in [0.2, 0.25) is 0 Å². The first kappa shape index (κ1) is 32.0. The van der Waals surface area contributed by atoms with Crippen molar-refractivity contribution in [3.05, 3.63) is 46.9 Å². The standard InChI is InChI=1S/C26H30F4N2O5.C2H6/c1-15(2)32(24(34)17-7-5-4-6-8-17)21-13-20(27)22(12-18(21)25(35)36-3)37-23-19(26(28,29)30)11-16(9-10-33)14-31-23;1-2/h11-15,17,33H,4-10H2,1-3H3;1-2H3. The lowest BCUT2D eigenvalue weighted by Crippen LogP contribution is -2.42. The Morgan fingerprint density at radius 1 is 1.13 bits per heavy atom. The van der Waals surface area contributed by atoms with Gasteiger partial charge in [0.25, 0.3) is 0 Å². The number of anilines is 1. The molecule has 1 aromatic heterocycles. The van der Waals surface area contributed by atoms with Gasteiger partial charge in [0.2, 0.25) is 11.8 Å². The van der Waals surface area contributed by atoms with E-state index in [1.165, 1.54) is 4.90 Å². The Hall–Kier alpha value is -3.21. The zero-order valence-corrected chi connectivity index (χ0v) is 22.9. The zero-order valence-electron chi connectivity index (χ0n) is 22.9. The van der Waals surface area contributed by atoms with Crippen molar-refractivity contribution < 1.29 is 41.7 Å². The summed E-state index contributed by atoms with van der Waals surface area (Å²) in [5.41, 5.74) is -1.44. The van der Waals surface area contributed by atoms with E-state index in [0.29, 0.717) is 12.8 Å². The molecule has 1 aliphatic carbocycles. The molecule has 216 valence electrons. The summed E-state index contributed by atoms with van der Waals surface area (Å²) in [6.45, 7) is 7.05. The van der Waals surface area contributed by atoms with Crippen LogP contribution in [0.1, 0.15) is 81.3 Å². The lowest BCUT2D eigenvalue weighted by atomic mass is 9.87. The Balaban J connectivity index is 0.00000260. The van der Waals surface area contributed by atoms with Gasteiger partial charge in [-0.05, 0) is 44.7 Å². The van der Waals surface area contributed by atoms with Gasteiger partial charge in [-0.1, -0.05) is 33.1 Å². The maximum Gasteiger partial charge on any atom is 0.421 e. The number of hydrogen-bond donors (Lipinski definition) is 1. The second-order valence-corrected chi connectivity index (χ2v) is 9.20. The van der Waals surface area contributed by atoms with Gasteiger partial charge in [-0.15, -0.1) is 0 Å². The van der Waals surface area contributed by atoms with Crippen molar-refractivity contribution in [3.63, 3.8) is 0 Å². The van der Waals surface area contributed by atoms with Gasteiger partial charge >= 0.3 is 12.1 Å². The predicted molar refractivity (Wildman–Crippen MR) is 138 cm³/mol. The number of aromatic nitrogens is 1. The SMILES string of the molecule is CC.COC(=O)c1cc(Oc2ncc(CCO)cc2C(F)(F)F)c(F)cc1N(C(=O)C1CCCCC1)C(C)C. The molecule has 0 radical (unpaired) electrons. The van der Waals surface area contributed by atoms with Crippen LogP contribution in [0.4, 0.5) is 23.2 Å². The number of carbonyl (C=O) groups is 2. The Morgan fingerprint density at radius 3 is 2.31 bits per heavy atom. The molecular formula is C28H36F4N2O5. The normalized spacial score (nSPS) is 13.9.